The van der Waals surface area contributed by atoms with Crippen molar-refractivity contribution in [3.8, 4) is 5.75 Å². The summed E-state index contributed by atoms with van der Waals surface area (Å²) in [7, 11) is 0. The molecule has 2 aromatic rings. The Morgan fingerprint density at radius 3 is 2.84 bits per heavy atom. The van der Waals surface area contributed by atoms with E-state index in [1.54, 1.807) is 6.20 Å². The molecule has 0 amide bonds. The van der Waals surface area contributed by atoms with Gasteiger partial charge in [0.15, 0.2) is 0 Å². The van der Waals surface area contributed by atoms with Crippen molar-refractivity contribution in [3.63, 3.8) is 0 Å². The third-order valence-corrected chi connectivity index (χ3v) is 3.05. The van der Waals surface area contributed by atoms with Crippen LogP contribution in [0.1, 0.15) is 37.3 Å². The quantitative estimate of drug-likeness (QED) is 0.706. The second kappa shape index (κ2) is 6.98. The van der Waals surface area contributed by atoms with Crippen LogP contribution in [0.5, 0.6) is 5.75 Å². The van der Waals surface area contributed by atoms with Crippen LogP contribution in [-0.2, 0) is 6.54 Å². The normalized spacial score (nSPS) is 10.6. The smallest absolute Gasteiger partial charge is 0.119 e. The molecule has 0 unspecified atom stereocenters. The summed E-state index contributed by atoms with van der Waals surface area (Å²) in [5.41, 5.74) is 2.49. The van der Waals surface area contributed by atoms with E-state index in [9.17, 15) is 0 Å². The van der Waals surface area contributed by atoms with E-state index in [1.165, 1.54) is 24.0 Å². The van der Waals surface area contributed by atoms with Crippen molar-refractivity contribution < 1.29 is 4.74 Å². The standard InChI is InChI=1S/C16H22N2O/c1-3-4-5-8-19-16-10-14(2)9-15(11-16)12-18-7-6-17-13-18/h6-7,9-11,13H,3-5,8,12H2,1-2H3. The van der Waals surface area contributed by atoms with Crippen LogP contribution < -0.4 is 4.74 Å². The highest BCUT2D eigenvalue weighted by atomic mass is 16.5. The molecular formula is C16H22N2O. The molecule has 19 heavy (non-hydrogen) atoms. The Kier molecular flexibility index (Phi) is 5.01. The fourth-order valence-corrected chi connectivity index (χ4v) is 2.13. The van der Waals surface area contributed by atoms with Crippen molar-refractivity contribution in [1.29, 1.82) is 0 Å². The summed E-state index contributed by atoms with van der Waals surface area (Å²) < 4.78 is 7.89. The Balaban J connectivity index is 1.98. The number of unbranched alkanes of at least 4 members (excludes halogenated alkanes) is 2. The number of rotatable bonds is 7. The number of benzene rings is 1. The first-order valence-corrected chi connectivity index (χ1v) is 6.97. The lowest BCUT2D eigenvalue weighted by Gasteiger charge is -2.10. The van der Waals surface area contributed by atoms with Crippen LogP contribution in [0.15, 0.2) is 36.9 Å². The molecule has 3 nitrogen and oxygen atoms in total. The van der Waals surface area contributed by atoms with Crippen molar-refractivity contribution >= 4 is 0 Å². The first kappa shape index (κ1) is 13.7. The minimum Gasteiger partial charge on any atom is -0.494 e. The topological polar surface area (TPSA) is 27.1 Å². The largest absolute Gasteiger partial charge is 0.494 e. The molecule has 0 aliphatic rings. The molecule has 0 atom stereocenters. The third-order valence-electron chi connectivity index (χ3n) is 3.05. The van der Waals surface area contributed by atoms with Crippen LogP contribution in [0.4, 0.5) is 0 Å². The second-order valence-electron chi connectivity index (χ2n) is 4.94. The number of aryl methyl sites for hydroxylation is 1. The maximum absolute atomic E-state index is 5.82. The average Bonchev–Trinajstić information content (AvgIpc) is 2.87. The predicted octanol–water partition coefficient (Wildman–Crippen LogP) is 3.81. The molecule has 0 aliphatic heterocycles. The van der Waals surface area contributed by atoms with Gasteiger partial charge < -0.3 is 9.30 Å². The molecule has 2 rings (SSSR count). The summed E-state index contributed by atoms with van der Waals surface area (Å²) in [6, 6.07) is 6.42. The van der Waals surface area contributed by atoms with Crippen molar-refractivity contribution in [2.24, 2.45) is 0 Å². The van der Waals surface area contributed by atoms with E-state index >= 15 is 0 Å². The molecule has 102 valence electrons. The van der Waals surface area contributed by atoms with Crippen molar-refractivity contribution in [2.45, 2.75) is 39.7 Å². The van der Waals surface area contributed by atoms with E-state index in [1.807, 2.05) is 12.5 Å². The fraction of sp³-hybridized carbons (Fsp3) is 0.438. The number of ether oxygens (including phenoxy) is 1. The highest BCUT2D eigenvalue weighted by Gasteiger charge is 2.01. The number of hydrogen-bond donors (Lipinski definition) is 0. The van der Waals surface area contributed by atoms with Gasteiger partial charge in [-0.05, 0) is 36.6 Å². The zero-order chi connectivity index (χ0) is 13.5. The van der Waals surface area contributed by atoms with E-state index in [2.05, 4.69) is 41.6 Å². The van der Waals surface area contributed by atoms with Crippen LogP contribution in [0.25, 0.3) is 0 Å². The van der Waals surface area contributed by atoms with E-state index < -0.39 is 0 Å². The minimum absolute atomic E-state index is 0.807. The summed E-state index contributed by atoms with van der Waals surface area (Å²) in [6.45, 7) is 5.96. The Morgan fingerprint density at radius 2 is 2.11 bits per heavy atom. The van der Waals surface area contributed by atoms with Gasteiger partial charge in [-0.2, -0.15) is 0 Å². The molecule has 0 saturated heterocycles. The van der Waals surface area contributed by atoms with Gasteiger partial charge in [0.25, 0.3) is 0 Å². The molecule has 0 radical (unpaired) electrons. The van der Waals surface area contributed by atoms with Crippen LogP contribution in [0.3, 0.4) is 0 Å². The van der Waals surface area contributed by atoms with E-state index in [0.29, 0.717) is 0 Å². The number of hydrogen-bond acceptors (Lipinski definition) is 2. The monoisotopic (exact) mass is 258 g/mol. The molecule has 0 fully saturated rings. The summed E-state index contributed by atoms with van der Waals surface area (Å²) in [6.07, 6.45) is 9.20. The van der Waals surface area contributed by atoms with E-state index in [-0.39, 0.29) is 0 Å². The van der Waals surface area contributed by atoms with E-state index in [4.69, 9.17) is 4.74 Å². The fourth-order valence-electron chi connectivity index (χ4n) is 2.13. The van der Waals surface area contributed by atoms with Crippen molar-refractivity contribution in [3.05, 3.63) is 48.0 Å². The highest BCUT2D eigenvalue weighted by Crippen LogP contribution is 2.18. The van der Waals surface area contributed by atoms with E-state index in [0.717, 1.165) is 25.3 Å². The molecule has 0 saturated carbocycles. The van der Waals surface area contributed by atoms with Crippen molar-refractivity contribution in [2.75, 3.05) is 6.61 Å². The van der Waals surface area contributed by atoms with Gasteiger partial charge in [-0.25, -0.2) is 4.98 Å². The maximum atomic E-state index is 5.82. The van der Waals surface area contributed by atoms with Crippen LogP contribution >= 0.6 is 0 Å². The Labute approximate surface area is 115 Å². The molecule has 3 heteroatoms. The van der Waals surface area contributed by atoms with Gasteiger partial charge in [0.2, 0.25) is 0 Å². The summed E-state index contributed by atoms with van der Waals surface area (Å²) in [4.78, 5) is 4.06. The van der Waals surface area contributed by atoms with Gasteiger partial charge in [0.1, 0.15) is 5.75 Å². The molecule has 0 N–H and O–H groups in total. The molecule has 1 aromatic carbocycles. The number of aromatic nitrogens is 2. The van der Waals surface area contributed by atoms with Gasteiger partial charge in [-0.3, -0.25) is 0 Å². The molecule has 0 aliphatic carbocycles. The Morgan fingerprint density at radius 1 is 1.21 bits per heavy atom. The van der Waals surface area contributed by atoms with Crippen LogP contribution in [0, 0.1) is 6.92 Å². The summed E-state index contributed by atoms with van der Waals surface area (Å²) >= 11 is 0. The zero-order valence-electron chi connectivity index (χ0n) is 11.8. The summed E-state index contributed by atoms with van der Waals surface area (Å²) in [5.74, 6) is 0.978. The third kappa shape index (κ3) is 4.43. The lowest BCUT2D eigenvalue weighted by molar-refractivity contribution is 0.306. The summed E-state index contributed by atoms with van der Waals surface area (Å²) in [5, 5.41) is 0. The van der Waals surface area contributed by atoms with Gasteiger partial charge in [0.05, 0.1) is 12.9 Å². The van der Waals surface area contributed by atoms with Gasteiger partial charge in [-0.15, -0.1) is 0 Å². The highest BCUT2D eigenvalue weighted by molar-refractivity contribution is 5.34. The average molecular weight is 258 g/mol. The zero-order valence-corrected chi connectivity index (χ0v) is 11.8. The van der Waals surface area contributed by atoms with Gasteiger partial charge >= 0.3 is 0 Å². The molecular weight excluding hydrogens is 236 g/mol. The lowest BCUT2D eigenvalue weighted by Crippen LogP contribution is -2.00. The Hall–Kier alpha value is -1.77. The van der Waals surface area contributed by atoms with Gasteiger partial charge in [0, 0.05) is 18.9 Å². The minimum atomic E-state index is 0.807. The Bertz CT molecular complexity index is 491. The molecule has 1 heterocycles. The van der Waals surface area contributed by atoms with Crippen LogP contribution in [0.2, 0.25) is 0 Å². The van der Waals surface area contributed by atoms with Crippen molar-refractivity contribution in [1.82, 2.24) is 9.55 Å². The van der Waals surface area contributed by atoms with Gasteiger partial charge in [-0.1, -0.05) is 25.8 Å². The SMILES string of the molecule is CCCCCOc1cc(C)cc(Cn2ccnc2)c1. The molecule has 1 aromatic heterocycles. The second-order valence-corrected chi connectivity index (χ2v) is 4.94. The lowest BCUT2D eigenvalue weighted by atomic mass is 10.1. The first-order valence-electron chi connectivity index (χ1n) is 6.97. The molecule has 0 spiro atoms. The predicted molar refractivity (Wildman–Crippen MR) is 77.5 cm³/mol. The molecule has 0 bridgehead atoms. The first-order chi connectivity index (χ1) is 9.28. The number of nitrogens with zero attached hydrogens (tertiary/aromatic N) is 2. The van der Waals surface area contributed by atoms with Crippen LogP contribution in [-0.4, -0.2) is 16.2 Å². The maximum Gasteiger partial charge on any atom is 0.119 e. The number of imidazole rings is 1.